The van der Waals surface area contributed by atoms with E-state index < -0.39 is 5.82 Å². The van der Waals surface area contributed by atoms with E-state index in [9.17, 15) is 14.6 Å². The van der Waals surface area contributed by atoms with Gasteiger partial charge in [-0.3, -0.25) is 9.99 Å². The molecule has 0 spiro atoms. The molecule has 0 saturated heterocycles. The summed E-state index contributed by atoms with van der Waals surface area (Å²) in [4.78, 5) is 15.7. The smallest absolute Gasteiger partial charge is 0.150 e. The van der Waals surface area contributed by atoms with Gasteiger partial charge in [0.25, 0.3) is 0 Å². The van der Waals surface area contributed by atoms with E-state index in [0.29, 0.717) is 40.9 Å². The van der Waals surface area contributed by atoms with Crippen LogP contribution in [0.4, 0.5) is 21.5 Å². The number of hydrazine groups is 1. The van der Waals surface area contributed by atoms with Crippen LogP contribution < -0.4 is 9.75 Å². The van der Waals surface area contributed by atoms with E-state index in [4.69, 9.17) is 16.3 Å². The van der Waals surface area contributed by atoms with E-state index in [0.717, 1.165) is 0 Å². The summed E-state index contributed by atoms with van der Waals surface area (Å²) in [5.74, 6) is -0.247. The Labute approximate surface area is 176 Å². The molecule has 0 amide bonds. The third-order valence-corrected chi connectivity index (χ3v) is 5.19. The van der Waals surface area contributed by atoms with Crippen molar-refractivity contribution in [1.82, 2.24) is 9.99 Å². The van der Waals surface area contributed by atoms with Crippen LogP contribution in [0.1, 0.15) is 11.1 Å². The van der Waals surface area contributed by atoms with Gasteiger partial charge < -0.3 is 4.74 Å². The number of hydrogen-bond acceptors (Lipinski definition) is 7. The fourth-order valence-corrected chi connectivity index (χ4v) is 3.78. The highest BCUT2D eigenvalue weighted by molar-refractivity contribution is 6.31. The molecule has 0 bridgehead atoms. The third kappa shape index (κ3) is 3.05. The molecule has 0 radical (unpaired) electrons. The molecule has 0 saturated carbocycles. The fraction of sp³-hybridized carbons (Fsp3) is 0.143. The molecule has 150 valence electrons. The quantitative estimate of drug-likeness (QED) is 0.406. The molecule has 0 atom stereocenters. The normalized spacial score (nSPS) is 13.2. The number of methoxy groups -OCH3 is 1. The molecule has 4 rings (SSSR count). The number of pyridine rings is 1. The van der Waals surface area contributed by atoms with Crippen molar-refractivity contribution in [2.24, 2.45) is 5.18 Å². The van der Waals surface area contributed by atoms with Crippen LogP contribution in [0.5, 0.6) is 5.75 Å². The predicted octanol–water partition coefficient (Wildman–Crippen LogP) is 5.36. The first-order valence-electron chi connectivity index (χ1n) is 8.90. The van der Waals surface area contributed by atoms with Crippen LogP contribution in [0.25, 0.3) is 10.9 Å². The predicted molar refractivity (Wildman–Crippen MR) is 113 cm³/mol. The van der Waals surface area contributed by atoms with Gasteiger partial charge in [0, 0.05) is 30.7 Å². The maximum atomic E-state index is 14.1. The van der Waals surface area contributed by atoms with Crippen LogP contribution in [0.3, 0.4) is 0 Å². The molecular weight excluding hydrogens is 409 g/mol. The van der Waals surface area contributed by atoms with Gasteiger partial charge in [-0.1, -0.05) is 17.7 Å². The van der Waals surface area contributed by atoms with Crippen LogP contribution >= 0.6 is 11.6 Å². The zero-order valence-corrected chi connectivity index (χ0v) is 16.6. The van der Waals surface area contributed by atoms with E-state index in [2.05, 4.69) is 22.8 Å². The van der Waals surface area contributed by atoms with E-state index >= 15 is 0 Å². The number of benzene rings is 2. The lowest BCUT2D eigenvalue weighted by molar-refractivity contribution is 0.325. The van der Waals surface area contributed by atoms with Gasteiger partial charge >= 0.3 is 0 Å². The number of nitroso groups, excluding NO2 is 1. The summed E-state index contributed by atoms with van der Waals surface area (Å²) >= 11 is 6.06. The molecule has 1 aliphatic rings. The molecule has 2 heterocycles. The second-order valence-electron chi connectivity index (χ2n) is 6.61. The SMILES string of the molecule is C=CCN1Cc2cc(F)c(Cl)cc2N1c1c(C#N)cnc2cc(OC)c(N=O)cc12. The van der Waals surface area contributed by atoms with Crippen LogP contribution in [-0.2, 0) is 6.54 Å². The van der Waals surface area contributed by atoms with Crippen molar-refractivity contribution >= 4 is 39.6 Å². The van der Waals surface area contributed by atoms with Crippen molar-refractivity contribution in [1.29, 1.82) is 5.26 Å². The highest BCUT2D eigenvalue weighted by Gasteiger charge is 2.32. The summed E-state index contributed by atoms with van der Waals surface area (Å²) in [6.45, 7) is 4.60. The van der Waals surface area contributed by atoms with Crippen molar-refractivity contribution in [3.63, 3.8) is 0 Å². The van der Waals surface area contributed by atoms with Gasteiger partial charge in [-0.05, 0) is 28.9 Å². The average Bonchev–Trinajstić information content (AvgIpc) is 3.08. The Morgan fingerprint density at radius 1 is 1.43 bits per heavy atom. The van der Waals surface area contributed by atoms with Crippen molar-refractivity contribution in [3.05, 3.63) is 70.0 Å². The summed E-state index contributed by atoms with van der Waals surface area (Å²) in [6, 6.07) is 8.16. The van der Waals surface area contributed by atoms with Crippen LogP contribution in [0, 0.1) is 22.1 Å². The first-order chi connectivity index (χ1) is 14.5. The Morgan fingerprint density at radius 2 is 2.23 bits per heavy atom. The zero-order valence-electron chi connectivity index (χ0n) is 15.9. The number of halogens is 2. The second-order valence-corrected chi connectivity index (χ2v) is 7.01. The molecular formula is C21H15ClFN5O2. The molecule has 0 unspecified atom stereocenters. The highest BCUT2D eigenvalue weighted by Crippen LogP contribution is 2.45. The van der Waals surface area contributed by atoms with Gasteiger partial charge in [-0.15, -0.1) is 11.5 Å². The maximum Gasteiger partial charge on any atom is 0.150 e. The Balaban J connectivity index is 2.06. The lowest BCUT2D eigenvalue weighted by Gasteiger charge is -2.31. The van der Waals surface area contributed by atoms with Crippen LogP contribution in [-0.4, -0.2) is 23.6 Å². The average molecular weight is 424 g/mol. The van der Waals surface area contributed by atoms with E-state index in [1.54, 1.807) is 17.2 Å². The van der Waals surface area contributed by atoms with Crippen LogP contribution in [0.15, 0.2) is 48.3 Å². The van der Waals surface area contributed by atoms with Gasteiger partial charge in [-0.2, -0.15) is 5.26 Å². The zero-order chi connectivity index (χ0) is 21.4. The summed E-state index contributed by atoms with van der Waals surface area (Å²) in [6.07, 6.45) is 3.15. The second kappa shape index (κ2) is 7.71. The number of ether oxygens (including phenoxy) is 1. The van der Waals surface area contributed by atoms with Gasteiger partial charge in [0.05, 0.1) is 34.6 Å². The number of rotatable bonds is 5. The number of hydrogen-bond donors (Lipinski definition) is 0. The lowest BCUT2D eigenvalue weighted by atomic mass is 10.1. The standard InChI is InChI=1S/C21H15ClFN5O2/c1-3-4-27-11-12-5-16(23)15(22)7-19(12)28(27)21-13(9-24)10-25-17-8-20(30-2)18(26-29)6-14(17)21/h3,5-8,10H,1,4,11H2,2H3. The summed E-state index contributed by atoms with van der Waals surface area (Å²) in [5.41, 5.74) is 2.67. The number of nitrogens with zero attached hydrogens (tertiary/aromatic N) is 5. The molecule has 0 aliphatic carbocycles. The van der Waals surface area contributed by atoms with E-state index in [1.807, 2.05) is 5.01 Å². The molecule has 0 fully saturated rings. The Morgan fingerprint density at radius 3 is 2.90 bits per heavy atom. The minimum Gasteiger partial charge on any atom is -0.494 e. The molecule has 3 aromatic rings. The monoisotopic (exact) mass is 423 g/mol. The van der Waals surface area contributed by atoms with Gasteiger partial charge in [0.2, 0.25) is 0 Å². The largest absolute Gasteiger partial charge is 0.494 e. The third-order valence-electron chi connectivity index (χ3n) is 4.90. The molecule has 0 N–H and O–H groups in total. The summed E-state index contributed by atoms with van der Waals surface area (Å²) in [5, 5.41) is 17.0. The van der Waals surface area contributed by atoms with Crippen molar-refractivity contribution < 1.29 is 9.13 Å². The Kier molecular flexibility index (Phi) is 5.08. The Hall–Kier alpha value is -3.54. The fourth-order valence-electron chi connectivity index (χ4n) is 3.62. The summed E-state index contributed by atoms with van der Waals surface area (Å²) in [7, 11) is 1.43. The van der Waals surface area contributed by atoms with Crippen molar-refractivity contribution in [2.45, 2.75) is 6.54 Å². The van der Waals surface area contributed by atoms with Crippen molar-refractivity contribution in [3.8, 4) is 11.8 Å². The minimum absolute atomic E-state index is 0.0343. The lowest BCUT2D eigenvalue weighted by Crippen LogP contribution is -2.34. The molecule has 30 heavy (non-hydrogen) atoms. The van der Waals surface area contributed by atoms with Crippen molar-refractivity contribution in [2.75, 3.05) is 18.7 Å². The molecule has 1 aliphatic heterocycles. The molecule has 9 heteroatoms. The van der Waals surface area contributed by atoms with Gasteiger partial charge in [0.15, 0.2) is 5.69 Å². The molecule has 2 aromatic carbocycles. The topological polar surface area (TPSA) is 81.8 Å². The molecule has 7 nitrogen and oxygen atoms in total. The summed E-state index contributed by atoms with van der Waals surface area (Å²) < 4.78 is 19.3. The first kappa shape index (κ1) is 19.8. The first-order valence-corrected chi connectivity index (χ1v) is 9.28. The number of aromatic nitrogens is 1. The maximum absolute atomic E-state index is 14.1. The number of nitriles is 1. The number of fused-ring (bicyclic) bond motifs is 2. The minimum atomic E-state index is -0.520. The van der Waals surface area contributed by atoms with Gasteiger partial charge in [0.1, 0.15) is 17.6 Å². The Bertz CT molecular complexity index is 1240. The van der Waals surface area contributed by atoms with E-state index in [-0.39, 0.29) is 22.0 Å². The number of anilines is 2. The van der Waals surface area contributed by atoms with E-state index in [1.165, 1.54) is 31.5 Å². The molecule has 1 aromatic heterocycles. The van der Waals surface area contributed by atoms with Gasteiger partial charge in [-0.25, -0.2) is 9.40 Å². The van der Waals surface area contributed by atoms with Crippen LogP contribution in [0.2, 0.25) is 5.02 Å². The highest BCUT2D eigenvalue weighted by atomic mass is 35.5.